The van der Waals surface area contributed by atoms with E-state index < -0.39 is 5.97 Å². The number of rotatable bonds is 5. The smallest absolute Gasteiger partial charge is 0.330 e. The van der Waals surface area contributed by atoms with Gasteiger partial charge in [-0.3, -0.25) is 9.59 Å². The summed E-state index contributed by atoms with van der Waals surface area (Å²) < 4.78 is 10.1. The van der Waals surface area contributed by atoms with E-state index in [2.05, 4.69) is 10.6 Å². The summed E-state index contributed by atoms with van der Waals surface area (Å²) in [6, 6.07) is 11.8. The lowest BCUT2D eigenvalue weighted by Gasteiger charge is -2.18. The van der Waals surface area contributed by atoms with Gasteiger partial charge in [-0.1, -0.05) is 12.1 Å². The lowest BCUT2D eigenvalue weighted by Crippen LogP contribution is -2.25. The van der Waals surface area contributed by atoms with Crippen LogP contribution in [0, 0.1) is 0 Å². The van der Waals surface area contributed by atoms with E-state index in [0.29, 0.717) is 29.3 Å². The van der Waals surface area contributed by atoms with Gasteiger partial charge in [0.05, 0.1) is 12.3 Å². The standard InChI is InChI=1S/C20H18N2O5/c1-2-26-19(24)10-5-13-3-7-15(8-4-13)21-20(25)14-6-9-17-16(11-14)22-18(23)12-27-17/h3-11H,2,12H2,1H3,(H,21,25)(H,22,23). The van der Waals surface area contributed by atoms with Crippen LogP contribution in [0.4, 0.5) is 11.4 Å². The number of hydrogen-bond donors (Lipinski definition) is 2. The zero-order valence-electron chi connectivity index (χ0n) is 14.7. The number of amides is 2. The molecule has 0 saturated carbocycles. The molecule has 3 rings (SSSR count). The van der Waals surface area contributed by atoms with Crippen LogP contribution in [0.3, 0.4) is 0 Å². The van der Waals surface area contributed by atoms with Crippen LogP contribution < -0.4 is 15.4 Å². The van der Waals surface area contributed by atoms with E-state index in [4.69, 9.17) is 9.47 Å². The number of hydrogen-bond acceptors (Lipinski definition) is 5. The second-order valence-corrected chi connectivity index (χ2v) is 5.71. The number of fused-ring (bicyclic) bond motifs is 1. The van der Waals surface area contributed by atoms with Crippen molar-refractivity contribution in [2.45, 2.75) is 6.92 Å². The minimum atomic E-state index is -0.404. The molecule has 1 heterocycles. The molecule has 0 fully saturated rings. The molecular weight excluding hydrogens is 348 g/mol. The van der Waals surface area contributed by atoms with Crippen molar-refractivity contribution in [3.63, 3.8) is 0 Å². The van der Waals surface area contributed by atoms with Crippen molar-refractivity contribution in [1.29, 1.82) is 0 Å². The fourth-order valence-corrected chi connectivity index (χ4v) is 2.46. The Labute approximate surface area is 156 Å². The van der Waals surface area contributed by atoms with Crippen molar-refractivity contribution in [3.8, 4) is 5.75 Å². The van der Waals surface area contributed by atoms with Crippen LogP contribution in [0.15, 0.2) is 48.5 Å². The maximum absolute atomic E-state index is 12.4. The molecule has 7 heteroatoms. The molecule has 27 heavy (non-hydrogen) atoms. The van der Waals surface area contributed by atoms with E-state index >= 15 is 0 Å². The van der Waals surface area contributed by atoms with E-state index in [0.717, 1.165) is 5.56 Å². The van der Waals surface area contributed by atoms with Crippen molar-refractivity contribution in [1.82, 2.24) is 0 Å². The van der Waals surface area contributed by atoms with E-state index in [1.54, 1.807) is 55.5 Å². The first-order chi connectivity index (χ1) is 13.0. The summed E-state index contributed by atoms with van der Waals surface area (Å²) in [5.41, 5.74) is 2.27. The van der Waals surface area contributed by atoms with Gasteiger partial charge in [0.2, 0.25) is 0 Å². The number of ether oxygens (including phenoxy) is 2. The van der Waals surface area contributed by atoms with Gasteiger partial charge in [-0.25, -0.2) is 4.79 Å². The Morgan fingerprint density at radius 3 is 2.74 bits per heavy atom. The van der Waals surface area contributed by atoms with E-state index in [-0.39, 0.29) is 18.4 Å². The van der Waals surface area contributed by atoms with Gasteiger partial charge in [-0.2, -0.15) is 0 Å². The monoisotopic (exact) mass is 366 g/mol. The topological polar surface area (TPSA) is 93.7 Å². The molecule has 1 aliphatic heterocycles. The van der Waals surface area contributed by atoms with Crippen LogP contribution in [0.5, 0.6) is 5.75 Å². The molecule has 1 aliphatic rings. The van der Waals surface area contributed by atoms with E-state index in [1.165, 1.54) is 6.08 Å². The molecule has 0 radical (unpaired) electrons. The van der Waals surface area contributed by atoms with Crippen LogP contribution in [0.1, 0.15) is 22.8 Å². The van der Waals surface area contributed by atoms with Gasteiger partial charge in [0.25, 0.3) is 11.8 Å². The first-order valence-electron chi connectivity index (χ1n) is 8.38. The quantitative estimate of drug-likeness (QED) is 0.627. The molecule has 0 aliphatic carbocycles. The van der Waals surface area contributed by atoms with Crippen LogP contribution >= 0.6 is 0 Å². The summed E-state index contributed by atoms with van der Waals surface area (Å²) in [6.45, 7) is 2.04. The molecule has 138 valence electrons. The lowest BCUT2D eigenvalue weighted by molar-refractivity contribution is -0.137. The van der Waals surface area contributed by atoms with Gasteiger partial charge in [0, 0.05) is 17.3 Å². The van der Waals surface area contributed by atoms with Crippen LogP contribution in [-0.2, 0) is 14.3 Å². The molecule has 2 N–H and O–H groups in total. The molecule has 0 saturated heterocycles. The SMILES string of the molecule is CCOC(=O)C=Cc1ccc(NC(=O)c2ccc3c(c2)NC(=O)CO3)cc1. The average molecular weight is 366 g/mol. The second-order valence-electron chi connectivity index (χ2n) is 5.71. The predicted molar refractivity (Wildman–Crippen MR) is 101 cm³/mol. The zero-order chi connectivity index (χ0) is 19.2. The first-order valence-corrected chi connectivity index (χ1v) is 8.38. The summed E-state index contributed by atoms with van der Waals surface area (Å²) in [6.07, 6.45) is 2.98. The number of carbonyl (C=O) groups is 3. The van der Waals surface area contributed by atoms with Crippen molar-refractivity contribution >= 4 is 35.2 Å². The summed E-state index contributed by atoms with van der Waals surface area (Å²) in [5.74, 6) is -0.443. The van der Waals surface area contributed by atoms with Gasteiger partial charge in [0.15, 0.2) is 6.61 Å². The number of benzene rings is 2. The Morgan fingerprint density at radius 1 is 1.22 bits per heavy atom. The molecule has 0 spiro atoms. The maximum atomic E-state index is 12.4. The molecule has 0 atom stereocenters. The highest BCUT2D eigenvalue weighted by Crippen LogP contribution is 2.28. The van der Waals surface area contributed by atoms with Gasteiger partial charge in [-0.15, -0.1) is 0 Å². The molecule has 0 aromatic heterocycles. The Morgan fingerprint density at radius 2 is 2.00 bits per heavy atom. The zero-order valence-corrected chi connectivity index (χ0v) is 14.7. The van der Waals surface area contributed by atoms with E-state index in [9.17, 15) is 14.4 Å². The van der Waals surface area contributed by atoms with E-state index in [1.807, 2.05) is 0 Å². The predicted octanol–water partition coefficient (Wildman–Crippen LogP) is 2.85. The van der Waals surface area contributed by atoms with Crippen LogP contribution in [-0.4, -0.2) is 31.0 Å². The Bertz CT molecular complexity index is 903. The number of nitrogens with one attached hydrogen (secondary N) is 2. The van der Waals surface area contributed by atoms with Gasteiger partial charge < -0.3 is 20.1 Å². The van der Waals surface area contributed by atoms with Crippen molar-refractivity contribution in [2.75, 3.05) is 23.8 Å². The highest BCUT2D eigenvalue weighted by Gasteiger charge is 2.17. The fraction of sp³-hybridized carbons (Fsp3) is 0.150. The molecule has 2 amide bonds. The third-order valence-electron chi connectivity index (χ3n) is 3.74. The minimum absolute atomic E-state index is 0.0322. The molecule has 2 aromatic carbocycles. The molecule has 0 bridgehead atoms. The highest BCUT2D eigenvalue weighted by atomic mass is 16.5. The first kappa shape index (κ1) is 18.2. The largest absolute Gasteiger partial charge is 0.482 e. The van der Waals surface area contributed by atoms with Gasteiger partial charge in [0.1, 0.15) is 5.75 Å². The Hall–Kier alpha value is -3.61. The van der Waals surface area contributed by atoms with Crippen molar-refractivity contribution in [3.05, 3.63) is 59.7 Å². The highest BCUT2D eigenvalue weighted by molar-refractivity contribution is 6.06. The lowest BCUT2D eigenvalue weighted by atomic mass is 10.1. The second kappa shape index (κ2) is 8.18. The van der Waals surface area contributed by atoms with Crippen molar-refractivity contribution < 1.29 is 23.9 Å². The minimum Gasteiger partial charge on any atom is -0.482 e. The van der Waals surface area contributed by atoms with Gasteiger partial charge >= 0.3 is 5.97 Å². The molecule has 0 unspecified atom stereocenters. The fourth-order valence-electron chi connectivity index (χ4n) is 2.46. The summed E-state index contributed by atoms with van der Waals surface area (Å²) >= 11 is 0. The summed E-state index contributed by atoms with van der Waals surface area (Å²) in [7, 11) is 0. The third kappa shape index (κ3) is 4.72. The number of anilines is 2. The van der Waals surface area contributed by atoms with Crippen LogP contribution in [0.2, 0.25) is 0 Å². The van der Waals surface area contributed by atoms with Gasteiger partial charge in [-0.05, 0) is 48.9 Å². The van der Waals surface area contributed by atoms with Crippen LogP contribution in [0.25, 0.3) is 6.08 Å². The normalized spacial score (nSPS) is 12.7. The Balaban J connectivity index is 1.65. The molecule has 7 nitrogen and oxygen atoms in total. The summed E-state index contributed by atoms with van der Waals surface area (Å²) in [5, 5.41) is 5.45. The maximum Gasteiger partial charge on any atom is 0.330 e. The molecular formula is C20H18N2O5. The van der Waals surface area contributed by atoms with Crippen molar-refractivity contribution in [2.24, 2.45) is 0 Å². The number of esters is 1. The average Bonchev–Trinajstić information content (AvgIpc) is 2.67. The number of carbonyl (C=O) groups excluding carboxylic acids is 3. The molecule has 2 aromatic rings. The summed E-state index contributed by atoms with van der Waals surface area (Å²) in [4.78, 5) is 35.1. The third-order valence-corrected chi connectivity index (χ3v) is 3.74. The Kier molecular flexibility index (Phi) is 5.51.